The summed E-state index contributed by atoms with van der Waals surface area (Å²) in [5.74, 6) is 1.44. The van der Waals surface area contributed by atoms with Crippen LogP contribution < -0.4 is 9.47 Å². The van der Waals surface area contributed by atoms with Crippen LogP contribution in [0.4, 0.5) is 0 Å². The molecule has 284 valence electrons. The molecule has 2 heterocycles. The summed E-state index contributed by atoms with van der Waals surface area (Å²) in [7, 11) is -0.488. The quantitative estimate of drug-likeness (QED) is 0.0930. The molecule has 0 spiro atoms. The fourth-order valence-corrected chi connectivity index (χ4v) is 7.72. The molecule has 53 heavy (non-hydrogen) atoms. The Kier molecular flexibility index (Phi) is 14.3. The van der Waals surface area contributed by atoms with Gasteiger partial charge in [0.1, 0.15) is 11.5 Å². The Bertz CT molecular complexity index is 1700. The minimum Gasteiger partial charge on any atom is -0.496 e. The molecule has 11 heteroatoms. The van der Waals surface area contributed by atoms with Gasteiger partial charge in [0.25, 0.3) is 0 Å². The predicted molar refractivity (Wildman–Crippen MR) is 201 cm³/mol. The van der Waals surface area contributed by atoms with Crippen molar-refractivity contribution < 1.29 is 46.3 Å². The van der Waals surface area contributed by atoms with Gasteiger partial charge in [-0.15, -0.1) is 0 Å². The van der Waals surface area contributed by atoms with Gasteiger partial charge in [0.15, 0.2) is 12.6 Å². The number of methoxy groups -OCH3 is 2. The summed E-state index contributed by atoms with van der Waals surface area (Å²) in [5, 5.41) is 0. The molecule has 0 radical (unpaired) electrons. The molecule has 2 atom stereocenters. The first-order valence-electron chi connectivity index (χ1n) is 18.4. The van der Waals surface area contributed by atoms with Crippen LogP contribution in [0.2, 0.25) is 0 Å². The number of rotatable bonds is 18. The van der Waals surface area contributed by atoms with Crippen molar-refractivity contribution in [3.05, 3.63) is 96.1 Å². The van der Waals surface area contributed by atoms with Gasteiger partial charge in [-0.3, -0.25) is 0 Å². The molecule has 0 N–H and O–H groups in total. The van der Waals surface area contributed by atoms with Crippen LogP contribution in [0.25, 0.3) is 22.3 Å². The van der Waals surface area contributed by atoms with Gasteiger partial charge in [0.2, 0.25) is 9.84 Å². The van der Waals surface area contributed by atoms with E-state index in [0.29, 0.717) is 39.6 Å². The van der Waals surface area contributed by atoms with Crippen LogP contribution in [0.15, 0.2) is 94.7 Å². The maximum Gasteiger partial charge on any atom is 0.206 e. The highest BCUT2D eigenvalue weighted by Gasteiger charge is 2.19. The minimum absolute atomic E-state index is 0.145. The van der Waals surface area contributed by atoms with Gasteiger partial charge in [-0.05, 0) is 109 Å². The molecule has 0 aliphatic carbocycles. The Labute approximate surface area is 313 Å². The molecule has 2 fully saturated rings. The summed E-state index contributed by atoms with van der Waals surface area (Å²) in [6.07, 6.45) is 5.94. The third-order valence-corrected chi connectivity index (χ3v) is 11.2. The van der Waals surface area contributed by atoms with E-state index >= 15 is 0 Å². The van der Waals surface area contributed by atoms with Crippen LogP contribution >= 0.6 is 0 Å². The first-order chi connectivity index (χ1) is 25.9. The van der Waals surface area contributed by atoms with Crippen molar-refractivity contribution in [2.75, 3.05) is 53.9 Å². The van der Waals surface area contributed by atoms with Gasteiger partial charge in [0, 0.05) is 24.3 Å². The number of ether oxygens (including phenoxy) is 8. The Morgan fingerprint density at radius 1 is 0.547 bits per heavy atom. The minimum atomic E-state index is -3.75. The van der Waals surface area contributed by atoms with Gasteiger partial charge in [-0.2, -0.15) is 0 Å². The average Bonchev–Trinajstić information content (AvgIpc) is 3.21. The number of hydrogen-bond donors (Lipinski definition) is 0. The van der Waals surface area contributed by atoms with Gasteiger partial charge in [0.05, 0.1) is 63.7 Å². The lowest BCUT2D eigenvalue weighted by molar-refractivity contribution is -0.169. The van der Waals surface area contributed by atoms with Crippen molar-refractivity contribution >= 4 is 9.84 Å². The normalized spacial score (nSPS) is 17.8. The first-order valence-corrected chi connectivity index (χ1v) is 19.8. The second-order valence-electron chi connectivity index (χ2n) is 13.0. The smallest absolute Gasteiger partial charge is 0.206 e. The van der Waals surface area contributed by atoms with Gasteiger partial charge < -0.3 is 37.9 Å². The van der Waals surface area contributed by atoms with Crippen LogP contribution in [0.5, 0.6) is 11.5 Å². The molecule has 0 saturated carbocycles. The molecule has 2 saturated heterocycles. The van der Waals surface area contributed by atoms with E-state index < -0.39 is 9.84 Å². The lowest BCUT2D eigenvalue weighted by Gasteiger charge is -2.22. The van der Waals surface area contributed by atoms with Crippen LogP contribution in [0.3, 0.4) is 0 Å². The summed E-state index contributed by atoms with van der Waals surface area (Å²) in [5.41, 5.74) is 5.40. The number of hydrogen-bond acceptors (Lipinski definition) is 10. The monoisotopic (exact) mass is 746 g/mol. The fraction of sp³-hybridized carbons (Fsp3) is 0.429. The zero-order chi connectivity index (χ0) is 36.9. The molecule has 6 rings (SSSR count). The number of sulfone groups is 1. The molecule has 2 aliphatic rings. The zero-order valence-corrected chi connectivity index (χ0v) is 31.4. The molecular formula is C42H50O10S. The third-order valence-electron chi connectivity index (χ3n) is 9.41. The highest BCUT2D eigenvalue weighted by Crippen LogP contribution is 2.32. The van der Waals surface area contributed by atoms with E-state index in [-0.39, 0.29) is 22.4 Å². The van der Waals surface area contributed by atoms with Gasteiger partial charge in [-0.1, -0.05) is 36.4 Å². The summed E-state index contributed by atoms with van der Waals surface area (Å²) in [6.45, 7) is 3.97. The summed E-state index contributed by atoms with van der Waals surface area (Å²) >= 11 is 0. The second-order valence-corrected chi connectivity index (χ2v) is 15.0. The van der Waals surface area contributed by atoms with Crippen LogP contribution in [-0.2, 0) is 51.5 Å². The van der Waals surface area contributed by atoms with Crippen LogP contribution in [-0.4, -0.2) is 74.9 Å². The predicted octanol–water partition coefficient (Wildman–Crippen LogP) is 7.99. The van der Waals surface area contributed by atoms with Crippen molar-refractivity contribution in [3.8, 4) is 33.8 Å². The maximum absolute atomic E-state index is 13.6. The van der Waals surface area contributed by atoms with Crippen molar-refractivity contribution in [1.29, 1.82) is 0 Å². The average molecular weight is 747 g/mol. The maximum atomic E-state index is 13.6. The van der Waals surface area contributed by atoms with Crippen molar-refractivity contribution in [3.63, 3.8) is 0 Å². The lowest BCUT2D eigenvalue weighted by atomic mass is 10.0. The molecule has 0 bridgehead atoms. The molecule has 4 aromatic rings. The van der Waals surface area contributed by atoms with E-state index in [9.17, 15) is 8.42 Å². The van der Waals surface area contributed by atoms with Crippen LogP contribution in [0.1, 0.15) is 49.7 Å². The molecule has 2 aliphatic heterocycles. The van der Waals surface area contributed by atoms with E-state index in [1.54, 1.807) is 38.5 Å². The van der Waals surface area contributed by atoms with Crippen molar-refractivity contribution in [2.45, 2.75) is 74.1 Å². The highest BCUT2D eigenvalue weighted by atomic mass is 32.2. The van der Waals surface area contributed by atoms with E-state index in [2.05, 4.69) is 0 Å². The molecule has 0 amide bonds. The largest absolute Gasteiger partial charge is 0.496 e. The van der Waals surface area contributed by atoms with Crippen molar-refractivity contribution in [1.82, 2.24) is 0 Å². The Balaban J connectivity index is 1.05. The van der Waals surface area contributed by atoms with Gasteiger partial charge in [-0.25, -0.2) is 8.42 Å². The SMILES string of the molecule is COc1ccc(-c2ccc(S(=O)(=O)c3ccc(-c4ccc(OC)c(COCCOC5CCCCO5)c4)cc3)cc2)cc1COCCOC1CCCCO1. The van der Waals surface area contributed by atoms with E-state index in [0.717, 1.165) is 96.6 Å². The topological polar surface area (TPSA) is 108 Å². The molecule has 10 nitrogen and oxygen atoms in total. The fourth-order valence-electron chi connectivity index (χ4n) is 6.46. The van der Waals surface area contributed by atoms with E-state index in [1.807, 2.05) is 60.7 Å². The standard InChI is InChI=1S/C42H50O10S/c1-45-39-19-13-33(27-35(39)29-47-23-25-51-41-7-3-5-21-49-41)31-9-15-37(16-10-31)53(43,44)38-17-11-32(12-18-38)34-14-20-40(46-2)36(28-34)30-48-24-26-52-42-8-4-6-22-50-42/h9-20,27-28,41-42H,3-8,21-26,29-30H2,1-2H3. The van der Waals surface area contributed by atoms with Crippen LogP contribution in [0, 0.1) is 0 Å². The summed E-state index contributed by atoms with van der Waals surface area (Å²) in [6, 6.07) is 25.6. The first kappa shape index (κ1) is 38.9. The molecular weight excluding hydrogens is 697 g/mol. The summed E-state index contributed by atoms with van der Waals surface area (Å²) in [4.78, 5) is 0.437. The lowest BCUT2D eigenvalue weighted by Crippen LogP contribution is -2.23. The molecule has 4 aromatic carbocycles. The van der Waals surface area contributed by atoms with Gasteiger partial charge >= 0.3 is 0 Å². The zero-order valence-electron chi connectivity index (χ0n) is 30.6. The molecule has 2 unspecified atom stereocenters. The third kappa shape index (κ3) is 10.7. The number of benzene rings is 4. The van der Waals surface area contributed by atoms with E-state index in [1.165, 1.54) is 0 Å². The summed E-state index contributed by atoms with van der Waals surface area (Å²) < 4.78 is 73.0. The Morgan fingerprint density at radius 2 is 0.962 bits per heavy atom. The van der Waals surface area contributed by atoms with Crippen molar-refractivity contribution in [2.24, 2.45) is 0 Å². The Morgan fingerprint density at radius 3 is 1.34 bits per heavy atom. The van der Waals surface area contributed by atoms with E-state index in [4.69, 9.17) is 37.9 Å². The highest BCUT2D eigenvalue weighted by molar-refractivity contribution is 7.91. The molecule has 0 aromatic heterocycles. The Hall–Kier alpha value is -3.81. The second kappa shape index (κ2) is 19.5.